The maximum atomic E-state index is 10.6. The molecule has 1 fully saturated rings. The number of thiol groups is 1. The number of hydrogen-bond acceptors (Lipinski definition) is 7. The van der Waals surface area contributed by atoms with Gasteiger partial charge in [0.2, 0.25) is 12.4 Å². The molecule has 0 atom stereocenters. The van der Waals surface area contributed by atoms with Gasteiger partial charge in [-0.15, -0.1) is 12.6 Å². The van der Waals surface area contributed by atoms with Crippen molar-refractivity contribution in [3.05, 3.63) is 101 Å². The zero-order chi connectivity index (χ0) is 31.6. The van der Waals surface area contributed by atoms with Gasteiger partial charge < -0.3 is 26.6 Å². The van der Waals surface area contributed by atoms with Gasteiger partial charge in [0.1, 0.15) is 0 Å². The normalized spacial score (nSPS) is 13.7. The van der Waals surface area contributed by atoms with Crippen LogP contribution in [0, 0.1) is 0 Å². The molecule has 1 aromatic heterocycles. The lowest BCUT2D eigenvalue weighted by molar-refractivity contribution is -0.119. The van der Waals surface area contributed by atoms with Crippen LogP contribution in [0.1, 0.15) is 27.2 Å². The zero-order valence-electron chi connectivity index (χ0n) is 24.8. The Hall–Kier alpha value is -4.28. The first-order valence-electron chi connectivity index (χ1n) is 13.9. The largest absolute Gasteiger partial charge is 0.399 e. The van der Waals surface area contributed by atoms with Crippen LogP contribution < -0.4 is 16.8 Å². The number of nitrogen functional groups attached to an aromatic ring is 1. The van der Waals surface area contributed by atoms with Crippen LogP contribution in [0.2, 0.25) is 5.02 Å². The van der Waals surface area contributed by atoms with E-state index in [4.69, 9.17) is 23.1 Å². The average molecular weight is 622 g/mol. The molecule has 2 aromatic carbocycles. The highest BCUT2D eigenvalue weighted by molar-refractivity contribution is 7.80. The van der Waals surface area contributed by atoms with Crippen LogP contribution in [0.25, 0.3) is 11.3 Å². The highest BCUT2D eigenvalue weighted by Crippen LogP contribution is 2.20. The van der Waals surface area contributed by atoms with Gasteiger partial charge in [0.25, 0.3) is 0 Å². The number of nitrogens with two attached hydrogens (primary N) is 2. The maximum Gasteiger partial charge on any atom is 0.314 e. The lowest BCUT2D eigenvalue weighted by atomic mass is 10.1. The van der Waals surface area contributed by atoms with Crippen molar-refractivity contribution in [2.75, 3.05) is 37.2 Å². The van der Waals surface area contributed by atoms with Crippen molar-refractivity contribution in [3.63, 3.8) is 0 Å². The van der Waals surface area contributed by atoms with E-state index in [1.807, 2.05) is 50.3 Å². The summed E-state index contributed by atoms with van der Waals surface area (Å²) in [5, 5.41) is 3.99. The van der Waals surface area contributed by atoms with Crippen LogP contribution in [-0.2, 0) is 4.79 Å². The molecule has 0 saturated carbocycles. The van der Waals surface area contributed by atoms with Crippen LogP contribution >= 0.6 is 24.2 Å². The number of nitrogens with one attached hydrogen (secondary N) is 1. The molecule has 1 aliphatic carbocycles. The van der Waals surface area contributed by atoms with E-state index in [0.717, 1.165) is 45.4 Å². The number of halogens is 1. The standard InChI is InChI=1S/C18H17N3S.C6H6ClN.C6H11N3O2.C2H6/c1-13-3-2-4-15(8-5-13)20-18-19-12-11-17(21-18)14-6-9-16(22)10-7-14;7-5-1-3-6(8)4-2-5;7-6(11)9-3-1-8(5-10)2-4-9;1-2/h3-12,22H,2H2,1H3,(H,19,20,21);1-4H,8H2;5H,1-4H2,(H2,7,11);1-2H3. The van der Waals surface area contributed by atoms with E-state index in [1.54, 1.807) is 35.4 Å². The number of benzene rings is 2. The van der Waals surface area contributed by atoms with Crippen LogP contribution in [-0.4, -0.2) is 58.4 Å². The van der Waals surface area contributed by atoms with Gasteiger partial charge in [-0.25, -0.2) is 14.8 Å². The molecule has 3 aromatic rings. The van der Waals surface area contributed by atoms with Crippen LogP contribution in [0.5, 0.6) is 0 Å². The number of anilines is 2. The van der Waals surface area contributed by atoms with E-state index in [9.17, 15) is 9.59 Å². The van der Waals surface area contributed by atoms with Crippen LogP contribution in [0.4, 0.5) is 16.4 Å². The second-order valence-corrected chi connectivity index (χ2v) is 10.1. The number of carbonyl (C=O) groups excluding carboxylic acids is 2. The Morgan fingerprint density at radius 2 is 1.63 bits per heavy atom. The highest BCUT2D eigenvalue weighted by Gasteiger charge is 2.17. The Kier molecular flexibility index (Phi) is 15.4. The van der Waals surface area contributed by atoms with Gasteiger partial charge in [0.05, 0.1) is 5.69 Å². The van der Waals surface area contributed by atoms with E-state index < -0.39 is 6.03 Å². The van der Waals surface area contributed by atoms with Gasteiger partial charge in [-0.1, -0.05) is 61.4 Å². The molecule has 228 valence electrons. The third-order valence-corrected chi connectivity index (χ3v) is 6.57. The summed E-state index contributed by atoms with van der Waals surface area (Å²) in [6, 6.07) is 16.5. The van der Waals surface area contributed by atoms with Crippen molar-refractivity contribution in [3.8, 4) is 11.3 Å². The molecule has 3 amide bonds. The molecule has 0 radical (unpaired) electrons. The molecule has 2 heterocycles. The molecule has 0 bridgehead atoms. The third-order valence-electron chi connectivity index (χ3n) is 6.02. The van der Waals surface area contributed by atoms with Crippen molar-refractivity contribution in [1.29, 1.82) is 0 Å². The summed E-state index contributed by atoms with van der Waals surface area (Å²) in [5.41, 5.74) is 15.4. The van der Waals surface area contributed by atoms with Gasteiger partial charge in [0.15, 0.2) is 0 Å². The predicted molar refractivity (Wildman–Crippen MR) is 180 cm³/mol. The van der Waals surface area contributed by atoms with Crippen molar-refractivity contribution >= 4 is 48.3 Å². The van der Waals surface area contributed by atoms with E-state index >= 15 is 0 Å². The molecule has 1 saturated heterocycles. The number of nitrogens with zero attached hydrogens (tertiary/aromatic N) is 4. The fourth-order valence-electron chi connectivity index (χ4n) is 3.67. The number of piperazine rings is 1. The van der Waals surface area contributed by atoms with Crippen LogP contribution in [0.15, 0.2) is 101 Å². The van der Waals surface area contributed by atoms with Crippen molar-refractivity contribution in [1.82, 2.24) is 19.8 Å². The van der Waals surface area contributed by atoms with Gasteiger partial charge in [-0.05, 0) is 61.9 Å². The first kappa shape index (κ1) is 34.9. The number of aromatic nitrogens is 2. The van der Waals surface area contributed by atoms with Crippen molar-refractivity contribution in [2.24, 2.45) is 5.73 Å². The number of allylic oxidation sites excluding steroid dienone is 5. The lowest BCUT2D eigenvalue weighted by Gasteiger charge is -2.31. The summed E-state index contributed by atoms with van der Waals surface area (Å²) >= 11 is 9.86. The second-order valence-electron chi connectivity index (χ2n) is 9.13. The first-order chi connectivity index (χ1) is 20.7. The number of carbonyl (C=O) groups is 2. The summed E-state index contributed by atoms with van der Waals surface area (Å²) in [4.78, 5) is 33.8. The smallest absolute Gasteiger partial charge is 0.314 e. The Morgan fingerprint density at radius 1 is 0.977 bits per heavy atom. The summed E-state index contributed by atoms with van der Waals surface area (Å²) in [6.07, 6.45) is 11.9. The maximum absolute atomic E-state index is 10.6. The second kappa shape index (κ2) is 19.0. The van der Waals surface area contributed by atoms with Crippen molar-refractivity contribution < 1.29 is 9.59 Å². The van der Waals surface area contributed by atoms with E-state index in [2.05, 4.69) is 53.1 Å². The number of hydrogen-bond donors (Lipinski definition) is 4. The molecule has 11 heteroatoms. The minimum Gasteiger partial charge on any atom is -0.399 e. The SMILES string of the molecule is CC.CC1=CCC=C(Nc2nccc(-c3ccc(S)cc3)n2)C=C1.NC(=O)N1CCN(C=O)CC1.Nc1ccc(Cl)cc1. The van der Waals surface area contributed by atoms with E-state index in [1.165, 1.54) is 10.5 Å². The summed E-state index contributed by atoms with van der Waals surface area (Å²) in [6.45, 7) is 8.37. The van der Waals surface area contributed by atoms with Crippen molar-refractivity contribution in [2.45, 2.75) is 32.1 Å². The molecule has 0 unspecified atom stereocenters. The Bertz CT molecular complexity index is 1360. The number of urea groups is 1. The summed E-state index contributed by atoms with van der Waals surface area (Å²) < 4.78 is 0. The Labute approximate surface area is 264 Å². The molecule has 43 heavy (non-hydrogen) atoms. The molecule has 5 rings (SSSR count). The molecule has 5 N–H and O–H groups in total. The fraction of sp³-hybridized carbons (Fsp3) is 0.250. The molecule has 0 spiro atoms. The van der Waals surface area contributed by atoms with E-state index in [-0.39, 0.29) is 0 Å². The lowest BCUT2D eigenvalue weighted by Crippen LogP contribution is -2.49. The molecule has 2 aliphatic rings. The molecule has 9 nitrogen and oxygen atoms in total. The number of amides is 3. The Morgan fingerprint density at radius 3 is 2.21 bits per heavy atom. The zero-order valence-corrected chi connectivity index (χ0v) is 26.4. The topological polar surface area (TPSA) is 130 Å². The first-order valence-corrected chi connectivity index (χ1v) is 14.7. The molecule has 1 aliphatic heterocycles. The van der Waals surface area contributed by atoms with Gasteiger partial charge in [-0.2, -0.15) is 0 Å². The van der Waals surface area contributed by atoms with E-state index in [0.29, 0.717) is 32.1 Å². The van der Waals surface area contributed by atoms with Crippen LogP contribution in [0.3, 0.4) is 0 Å². The van der Waals surface area contributed by atoms with Gasteiger partial charge in [-0.3, -0.25) is 4.79 Å². The van der Waals surface area contributed by atoms with Gasteiger partial charge >= 0.3 is 6.03 Å². The minimum atomic E-state index is -0.407. The number of rotatable bonds is 4. The Balaban J connectivity index is 0.000000255. The minimum absolute atomic E-state index is 0.407. The fourth-order valence-corrected chi connectivity index (χ4v) is 3.95. The third kappa shape index (κ3) is 13.1. The summed E-state index contributed by atoms with van der Waals surface area (Å²) in [5.74, 6) is 0.600. The molecular formula is C32H40ClN7O2S. The summed E-state index contributed by atoms with van der Waals surface area (Å²) in [7, 11) is 0. The predicted octanol–water partition coefficient (Wildman–Crippen LogP) is 6.42. The number of primary amides is 1. The van der Waals surface area contributed by atoms with Gasteiger partial charge in [0, 0.05) is 59.2 Å². The molecular weight excluding hydrogens is 582 g/mol. The average Bonchev–Trinajstić information content (AvgIpc) is 3.24. The monoisotopic (exact) mass is 621 g/mol. The quantitative estimate of drug-likeness (QED) is 0.151. The highest BCUT2D eigenvalue weighted by atomic mass is 35.5.